The van der Waals surface area contributed by atoms with Gasteiger partial charge in [-0.15, -0.1) is 0 Å². The van der Waals surface area contributed by atoms with Crippen LogP contribution in [0, 0.1) is 0 Å². The van der Waals surface area contributed by atoms with Crippen molar-refractivity contribution in [3.63, 3.8) is 0 Å². The summed E-state index contributed by atoms with van der Waals surface area (Å²) in [5.41, 5.74) is 1.92. The summed E-state index contributed by atoms with van der Waals surface area (Å²) in [4.78, 5) is 0. The molecule has 0 aliphatic rings. The Balaban J connectivity index is 2.16. The van der Waals surface area contributed by atoms with E-state index in [9.17, 15) is 5.11 Å². The van der Waals surface area contributed by atoms with Gasteiger partial charge < -0.3 is 9.84 Å². The number of aromatic nitrogens is 2. The molecule has 96 valence electrons. The van der Waals surface area contributed by atoms with Gasteiger partial charge in [-0.2, -0.15) is 5.10 Å². The molecule has 2 rings (SSSR count). The van der Waals surface area contributed by atoms with Gasteiger partial charge in [0.05, 0.1) is 26.0 Å². The van der Waals surface area contributed by atoms with E-state index >= 15 is 0 Å². The molecular formula is C14H18N2O2. The number of rotatable bonds is 5. The zero-order chi connectivity index (χ0) is 13.0. The number of hydrogen-bond acceptors (Lipinski definition) is 3. The summed E-state index contributed by atoms with van der Waals surface area (Å²) in [6.45, 7) is 2.59. The number of hydrogen-bond donors (Lipinski definition) is 1. The maximum absolute atomic E-state index is 9.73. The predicted molar refractivity (Wildman–Crippen MR) is 69.6 cm³/mol. The van der Waals surface area contributed by atoms with Gasteiger partial charge >= 0.3 is 0 Å². The van der Waals surface area contributed by atoms with Crippen LogP contribution in [0.3, 0.4) is 0 Å². The molecule has 0 saturated carbocycles. The van der Waals surface area contributed by atoms with Crippen LogP contribution in [0.5, 0.6) is 5.75 Å². The summed E-state index contributed by atoms with van der Waals surface area (Å²) in [5, 5.41) is 14.0. The molecule has 1 N–H and O–H groups in total. The first-order valence-electron chi connectivity index (χ1n) is 6.07. The number of nitrogens with zero attached hydrogens (tertiary/aromatic N) is 2. The van der Waals surface area contributed by atoms with Crippen molar-refractivity contribution in [2.24, 2.45) is 0 Å². The van der Waals surface area contributed by atoms with E-state index in [1.54, 1.807) is 13.3 Å². The molecule has 0 fully saturated rings. The molecule has 2 aromatic rings. The fraction of sp³-hybridized carbons (Fsp3) is 0.357. The molecule has 0 saturated heterocycles. The van der Waals surface area contributed by atoms with Gasteiger partial charge in [-0.25, -0.2) is 0 Å². The van der Waals surface area contributed by atoms with Gasteiger partial charge in [0.2, 0.25) is 0 Å². The van der Waals surface area contributed by atoms with Gasteiger partial charge in [-0.1, -0.05) is 25.1 Å². The van der Waals surface area contributed by atoms with E-state index < -0.39 is 6.10 Å². The number of benzene rings is 1. The van der Waals surface area contributed by atoms with Crippen LogP contribution in [0.4, 0.5) is 0 Å². The number of methoxy groups -OCH3 is 1. The molecule has 0 spiro atoms. The van der Waals surface area contributed by atoms with Gasteiger partial charge in [0.15, 0.2) is 0 Å². The highest BCUT2D eigenvalue weighted by atomic mass is 16.5. The number of aliphatic hydroxyl groups is 1. The van der Waals surface area contributed by atoms with E-state index in [1.807, 2.05) is 42.1 Å². The summed E-state index contributed by atoms with van der Waals surface area (Å²) in [6.07, 6.45) is 3.85. The standard InChI is InChI=1S/C14H18N2O2/c1-3-13(17)12-8-15-16(10-12)9-11-6-4-5-7-14(11)18-2/h4-8,10,13,17H,3,9H2,1-2H3. The highest BCUT2D eigenvalue weighted by Crippen LogP contribution is 2.20. The summed E-state index contributed by atoms with van der Waals surface area (Å²) >= 11 is 0. The lowest BCUT2D eigenvalue weighted by atomic mass is 10.1. The van der Waals surface area contributed by atoms with Crippen molar-refractivity contribution < 1.29 is 9.84 Å². The highest BCUT2D eigenvalue weighted by molar-refractivity contribution is 5.33. The Kier molecular flexibility index (Phi) is 3.99. The lowest BCUT2D eigenvalue weighted by Crippen LogP contribution is -2.02. The Labute approximate surface area is 107 Å². The van der Waals surface area contributed by atoms with Crippen LogP contribution >= 0.6 is 0 Å². The molecule has 0 amide bonds. The van der Waals surface area contributed by atoms with E-state index in [4.69, 9.17) is 4.74 Å². The van der Waals surface area contributed by atoms with E-state index in [0.29, 0.717) is 13.0 Å². The fourth-order valence-corrected chi connectivity index (χ4v) is 1.88. The van der Waals surface area contributed by atoms with Crippen molar-refractivity contribution in [3.05, 3.63) is 47.8 Å². The maximum Gasteiger partial charge on any atom is 0.123 e. The molecule has 0 radical (unpaired) electrons. The second-order valence-corrected chi connectivity index (χ2v) is 4.21. The maximum atomic E-state index is 9.73. The molecule has 0 aliphatic heterocycles. The first-order chi connectivity index (χ1) is 8.74. The van der Waals surface area contributed by atoms with Crippen LogP contribution in [0.25, 0.3) is 0 Å². The largest absolute Gasteiger partial charge is 0.496 e. The van der Waals surface area contributed by atoms with E-state index in [-0.39, 0.29) is 0 Å². The molecule has 4 heteroatoms. The Bertz CT molecular complexity index is 508. The van der Waals surface area contributed by atoms with Crippen molar-refractivity contribution in [3.8, 4) is 5.75 Å². The summed E-state index contributed by atoms with van der Waals surface area (Å²) in [5.74, 6) is 0.852. The average Bonchev–Trinajstić information content (AvgIpc) is 2.87. The van der Waals surface area contributed by atoms with Crippen molar-refractivity contribution in [2.45, 2.75) is 26.0 Å². The van der Waals surface area contributed by atoms with Crippen molar-refractivity contribution >= 4 is 0 Å². The third kappa shape index (κ3) is 2.71. The Morgan fingerprint density at radius 2 is 2.17 bits per heavy atom. The van der Waals surface area contributed by atoms with Gasteiger partial charge in [-0.05, 0) is 12.5 Å². The SMILES string of the molecule is CCC(O)c1cnn(Cc2ccccc2OC)c1. The fourth-order valence-electron chi connectivity index (χ4n) is 1.88. The minimum atomic E-state index is -0.434. The van der Waals surface area contributed by atoms with E-state index in [0.717, 1.165) is 16.9 Å². The van der Waals surface area contributed by atoms with E-state index in [2.05, 4.69) is 5.10 Å². The molecule has 1 aromatic carbocycles. The molecule has 1 heterocycles. The summed E-state index contributed by atoms with van der Waals surface area (Å²) < 4.78 is 7.11. The van der Waals surface area contributed by atoms with Crippen molar-refractivity contribution in [1.29, 1.82) is 0 Å². The van der Waals surface area contributed by atoms with Crippen LogP contribution in [-0.2, 0) is 6.54 Å². The number of ether oxygens (including phenoxy) is 1. The van der Waals surface area contributed by atoms with Crippen LogP contribution in [0.15, 0.2) is 36.7 Å². The first-order valence-corrected chi connectivity index (χ1v) is 6.07. The third-order valence-electron chi connectivity index (χ3n) is 2.95. The minimum absolute atomic E-state index is 0.434. The van der Waals surface area contributed by atoms with Gasteiger partial charge in [0, 0.05) is 17.3 Å². The lowest BCUT2D eigenvalue weighted by Gasteiger charge is -2.08. The van der Waals surface area contributed by atoms with Crippen molar-refractivity contribution in [2.75, 3.05) is 7.11 Å². The molecule has 18 heavy (non-hydrogen) atoms. The minimum Gasteiger partial charge on any atom is -0.496 e. The zero-order valence-electron chi connectivity index (χ0n) is 10.7. The number of para-hydroxylation sites is 1. The summed E-state index contributed by atoms with van der Waals surface area (Å²) in [7, 11) is 1.66. The topological polar surface area (TPSA) is 47.3 Å². The molecule has 1 unspecified atom stereocenters. The Morgan fingerprint density at radius 1 is 1.39 bits per heavy atom. The third-order valence-corrected chi connectivity index (χ3v) is 2.95. The van der Waals surface area contributed by atoms with Gasteiger partial charge in [0.1, 0.15) is 5.75 Å². The monoisotopic (exact) mass is 246 g/mol. The second kappa shape index (κ2) is 5.69. The molecule has 0 bridgehead atoms. The number of aliphatic hydroxyl groups excluding tert-OH is 1. The molecular weight excluding hydrogens is 228 g/mol. The second-order valence-electron chi connectivity index (χ2n) is 4.21. The Morgan fingerprint density at radius 3 is 2.89 bits per heavy atom. The summed E-state index contributed by atoms with van der Waals surface area (Å²) in [6, 6.07) is 7.86. The quantitative estimate of drug-likeness (QED) is 0.881. The van der Waals surface area contributed by atoms with Gasteiger partial charge in [0.25, 0.3) is 0 Å². The molecule has 0 aliphatic carbocycles. The predicted octanol–water partition coefficient (Wildman–Crippen LogP) is 2.38. The molecule has 4 nitrogen and oxygen atoms in total. The highest BCUT2D eigenvalue weighted by Gasteiger charge is 2.09. The lowest BCUT2D eigenvalue weighted by molar-refractivity contribution is 0.173. The van der Waals surface area contributed by atoms with Crippen LogP contribution < -0.4 is 4.74 Å². The van der Waals surface area contributed by atoms with Gasteiger partial charge in [-0.3, -0.25) is 4.68 Å². The van der Waals surface area contributed by atoms with Crippen LogP contribution in [-0.4, -0.2) is 22.0 Å². The smallest absolute Gasteiger partial charge is 0.123 e. The van der Waals surface area contributed by atoms with E-state index in [1.165, 1.54) is 0 Å². The van der Waals surface area contributed by atoms with Crippen molar-refractivity contribution in [1.82, 2.24) is 9.78 Å². The first kappa shape index (κ1) is 12.6. The Hall–Kier alpha value is -1.81. The average molecular weight is 246 g/mol. The van der Waals surface area contributed by atoms with Crippen LogP contribution in [0.1, 0.15) is 30.6 Å². The molecule has 1 atom stereocenters. The molecule has 1 aromatic heterocycles. The normalized spacial score (nSPS) is 12.4. The zero-order valence-corrected chi connectivity index (χ0v) is 10.7. The van der Waals surface area contributed by atoms with Crippen LogP contribution in [0.2, 0.25) is 0 Å².